The van der Waals surface area contributed by atoms with E-state index in [2.05, 4.69) is 16.0 Å². The van der Waals surface area contributed by atoms with E-state index in [1.54, 1.807) is 38.5 Å². The SMILES string of the molecule is COCCCNC(=O)c1ccc(NC(=O)CNc2ccc(OCCOC)cc2)cc1. The number of nitrogens with one attached hydrogen (secondary N) is 3. The van der Waals surface area contributed by atoms with Crippen molar-refractivity contribution < 1.29 is 23.8 Å². The maximum absolute atomic E-state index is 12.1. The molecular weight excluding hydrogens is 386 g/mol. The summed E-state index contributed by atoms with van der Waals surface area (Å²) in [5.74, 6) is 0.400. The Kier molecular flexibility index (Phi) is 10.2. The first kappa shape index (κ1) is 23.2. The third kappa shape index (κ3) is 8.50. The van der Waals surface area contributed by atoms with E-state index < -0.39 is 0 Å². The Hall–Kier alpha value is -3.10. The fraction of sp³-hybridized carbons (Fsp3) is 0.364. The van der Waals surface area contributed by atoms with Crippen LogP contribution in [0.1, 0.15) is 16.8 Å². The zero-order valence-corrected chi connectivity index (χ0v) is 17.4. The van der Waals surface area contributed by atoms with E-state index in [1.165, 1.54) is 0 Å². The summed E-state index contributed by atoms with van der Waals surface area (Å²) in [5.41, 5.74) is 1.97. The molecule has 0 unspecified atom stereocenters. The summed E-state index contributed by atoms with van der Waals surface area (Å²) < 4.78 is 15.4. The molecule has 30 heavy (non-hydrogen) atoms. The Labute approximate surface area is 176 Å². The van der Waals surface area contributed by atoms with E-state index in [0.717, 1.165) is 17.9 Å². The van der Waals surface area contributed by atoms with Gasteiger partial charge < -0.3 is 30.2 Å². The van der Waals surface area contributed by atoms with E-state index in [0.29, 0.717) is 37.6 Å². The van der Waals surface area contributed by atoms with Crippen LogP contribution in [0.4, 0.5) is 11.4 Å². The lowest BCUT2D eigenvalue weighted by atomic mass is 10.2. The third-order valence-corrected chi connectivity index (χ3v) is 4.11. The summed E-state index contributed by atoms with van der Waals surface area (Å²) in [7, 11) is 3.25. The van der Waals surface area contributed by atoms with Crippen molar-refractivity contribution in [3.8, 4) is 5.75 Å². The number of anilines is 2. The maximum atomic E-state index is 12.1. The fourth-order valence-corrected chi connectivity index (χ4v) is 2.52. The molecule has 0 aliphatic heterocycles. The molecule has 0 radical (unpaired) electrons. The van der Waals surface area contributed by atoms with E-state index in [-0.39, 0.29) is 18.4 Å². The van der Waals surface area contributed by atoms with Crippen LogP contribution in [0.2, 0.25) is 0 Å². The van der Waals surface area contributed by atoms with Gasteiger partial charge in [-0.25, -0.2) is 0 Å². The number of carbonyl (C=O) groups is 2. The zero-order chi connectivity index (χ0) is 21.6. The topological polar surface area (TPSA) is 97.9 Å². The molecule has 2 amide bonds. The molecule has 2 aromatic rings. The number of carbonyl (C=O) groups excluding carboxylic acids is 2. The van der Waals surface area contributed by atoms with E-state index in [4.69, 9.17) is 14.2 Å². The van der Waals surface area contributed by atoms with Crippen molar-refractivity contribution in [2.75, 3.05) is 57.8 Å². The monoisotopic (exact) mass is 415 g/mol. The van der Waals surface area contributed by atoms with Crippen molar-refractivity contribution in [2.45, 2.75) is 6.42 Å². The Balaban J connectivity index is 1.73. The Bertz CT molecular complexity index is 778. The Morgan fingerprint density at radius 3 is 2.17 bits per heavy atom. The number of methoxy groups -OCH3 is 2. The molecule has 0 aliphatic carbocycles. The molecule has 0 fully saturated rings. The van der Waals surface area contributed by atoms with Crippen molar-refractivity contribution in [3.63, 3.8) is 0 Å². The molecule has 0 atom stereocenters. The van der Waals surface area contributed by atoms with Crippen LogP contribution in [-0.4, -0.2) is 58.9 Å². The minimum absolute atomic E-state index is 0.117. The minimum Gasteiger partial charge on any atom is -0.491 e. The van der Waals surface area contributed by atoms with Gasteiger partial charge in [0.1, 0.15) is 12.4 Å². The largest absolute Gasteiger partial charge is 0.491 e. The summed E-state index contributed by atoms with van der Waals surface area (Å²) in [6.07, 6.45) is 0.757. The zero-order valence-electron chi connectivity index (χ0n) is 17.4. The van der Waals surface area contributed by atoms with Gasteiger partial charge in [0.2, 0.25) is 5.91 Å². The smallest absolute Gasteiger partial charge is 0.251 e. The van der Waals surface area contributed by atoms with Crippen LogP contribution in [0.5, 0.6) is 5.75 Å². The van der Waals surface area contributed by atoms with Crippen molar-refractivity contribution >= 4 is 23.2 Å². The highest BCUT2D eigenvalue weighted by Crippen LogP contribution is 2.15. The maximum Gasteiger partial charge on any atom is 0.251 e. The average molecular weight is 415 g/mol. The molecule has 0 aromatic heterocycles. The molecule has 0 bridgehead atoms. The van der Waals surface area contributed by atoms with Crippen LogP contribution in [0.3, 0.4) is 0 Å². The van der Waals surface area contributed by atoms with Crippen molar-refractivity contribution in [1.29, 1.82) is 0 Å². The second-order valence-electron chi connectivity index (χ2n) is 6.45. The van der Waals surface area contributed by atoms with Crippen LogP contribution >= 0.6 is 0 Å². The molecule has 0 spiro atoms. The number of rotatable bonds is 13. The average Bonchev–Trinajstić information content (AvgIpc) is 2.77. The highest BCUT2D eigenvalue weighted by molar-refractivity contribution is 5.96. The number of hydrogen-bond donors (Lipinski definition) is 3. The minimum atomic E-state index is -0.188. The van der Waals surface area contributed by atoms with Gasteiger partial charge in [0.05, 0.1) is 13.2 Å². The molecule has 162 valence electrons. The lowest BCUT2D eigenvalue weighted by molar-refractivity contribution is -0.114. The van der Waals surface area contributed by atoms with Crippen molar-refractivity contribution in [3.05, 3.63) is 54.1 Å². The highest BCUT2D eigenvalue weighted by atomic mass is 16.5. The number of hydrogen-bond acceptors (Lipinski definition) is 6. The third-order valence-electron chi connectivity index (χ3n) is 4.11. The van der Waals surface area contributed by atoms with Gasteiger partial charge in [0.25, 0.3) is 5.91 Å². The summed E-state index contributed by atoms with van der Waals surface area (Å²) >= 11 is 0. The van der Waals surface area contributed by atoms with E-state index in [9.17, 15) is 9.59 Å². The molecule has 3 N–H and O–H groups in total. The summed E-state index contributed by atoms with van der Waals surface area (Å²) in [5, 5.41) is 8.67. The predicted molar refractivity (Wildman–Crippen MR) is 116 cm³/mol. The van der Waals surface area contributed by atoms with Crippen LogP contribution in [0, 0.1) is 0 Å². The lowest BCUT2D eigenvalue weighted by Gasteiger charge is -2.10. The second-order valence-corrected chi connectivity index (χ2v) is 6.45. The number of ether oxygens (including phenoxy) is 3. The quantitative estimate of drug-likeness (QED) is 0.435. The van der Waals surface area contributed by atoms with Crippen LogP contribution in [0.25, 0.3) is 0 Å². The normalized spacial score (nSPS) is 10.3. The second kappa shape index (κ2) is 13.2. The molecule has 8 nitrogen and oxygen atoms in total. The summed E-state index contributed by atoms with van der Waals surface area (Å²) in [6.45, 7) is 2.29. The van der Waals surface area contributed by atoms with Gasteiger partial charge in [0, 0.05) is 44.3 Å². The fourth-order valence-electron chi connectivity index (χ4n) is 2.52. The number of amides is 2. The molecule has 8 heteroatoms. The van der Waals surface area contributed by atoms with Gasteiger partial charge in [-0.05, 0) is 55.0 Å². The first-order valence-corrected chi connectivity index (χ1v) is 9.75. The number of benzene rings is 2. The molecule has 0 aliphatic rings. The molecule has 2 rings (SSSR count). The first-order valence-electron chi connectivity index (χ1n) is 9.75. The van der Waals surface area contributed by atoms with Crippen molar-refractivity contribution in [1.82, 2.24) is 5.32 Å². The summed E-state index contributed by atoms with van der Waals surface area (Å²) in [4.78, 5) is 24.2. The van der Waals surface area contributed by atoms with Gasteiger partial charge in [0.15, 0.2) is 0 Å². The van der Waals surface area contributed by atoms with Crippen LogP contribution in [-0.2, 0) is 14.3 Å². The van der Waals surface area contributed by atoms with Crippen molar-refractivity contribution in [2.24, 2.45) is 0 Å². The van der Waals surface area contributed by atoms with Gasteiger partial charge in [-0.2, -0.15) is 0 Å². The predicted octanol–water partition coefficient (Wildman–Crippen LogP) is 2.53. The van der Waals surface area contributed by atoms with Gasteiger partial charge >= 0.3 is 0 Å². The molecule has 0 saturated heterocycles. The molecular formula is C22H29N3O5. The van der Waals surface area contributed by atoms with E-state index >= 15 is 0 Å². The molecule has 0 heterocycles. The van der Waals surface area contributed by atoms with E-state index in [1.807, 2.05) is 24.3 Å². The highest BCUT2D eigenvalue weighted by Gasteiger charge is 2.07. The molecule has 0 saturated carbocycles. The van der Waals surface area contributed by atoms with Crippen LogP contribution < -0.4 is 20.7 Å². The molecule has 2 aromatic carbocycles. The van der Waals surface area contributed by atoms with Gasteiger partial charge in [-0.15, -0.1) is 0 Å². The Morgan fingerprint density at radius 1 is 0.833 bits per heavy atom. The van der Waals surface area contributed by atoms with Gasteiger partial charge in [-0.3, -0.25) is 9.59 Å². The van der Waals surface area contributed by atoms with Gasteiger partial charge in [-0.1, -0.05) is 0 Å². The first-order chi connectivity index (χ1) is 14.6. The lowest BCUT2D eigenvalue weighted by Crippen LogP contribution is -2.25. The summed E-state index contributed by atoms with van der Waals surface area (Å²) in [6, 6.07) is 14.1. The Morgan fingerprint density at radius 2 is 1.50 bits per heavy atom. The van der Waals surface area contributed by atoms with Crippen LogP contribution in [0.15, 0.2) is 48.5 Å². The standard InChI is InChI=1S/C22H29N3O5/c1-28-13-3-12-23-22(27)17-4-6-19(7-5-17)25-21(26)16-24-18-8-10-20(11-9-18)30-15-14-29-2/h4-11,24H,3,12-16H2,1-2H3,(H,23,27)(H,25,26).